The molecule has 0 aromatic carbocycles. The molecule has 1 aliphatic carbocycles. The fourth-order valence-corrected chi connectivity index (χ4v) is 1.24. The van der Waals surface area contributed by atoms with Gasteiger partial charge in [0.15, 0.2) is 0 Å². The molecular formula is C10H20N2. The Morgan fingerprint density at radius 2 is 1.92 bits per heavy atom. The number of nitrogens with zero attached hydrogens (tertiary/aromatic N) is 1. The molecule has 0 aromatic rings. The van der Waals surface area contributed by atoms with Crippen molar-refractivity contribution < 1.29 is 0 Å². The zero-order valence-electron chi connectivity index (χ0n) is 8.00. The minimum Gasteiger partial charge on any atom is -0.328 e. The molecule has 0 radical (unpaired) electrons. The highest BCUT2D eigenvalue weighted by molar-refractivity contribution is 5.53. The molecule has 0 spiro atoms. The highest BCUT2D eigenvalue weighted by Gasteiger charge is 2.06. The lowest BCUT2D eigenvalue weighted by molar-refractivity contribution is 0.441. The first kappa shape index (κ1) is 11.4. The van der Waals surface area contributed by atoms with Gasteiger partial charge in [-0.25, -0.2) is 0 Å². The van der Waals surface area contributed by atoms with Gasteiger partial charge in [0.25, 0.3) is 0 Å². The van der Waals surface area contributed by atoms with Gasteiger partial charge < -0.3 is 5.73 Å². The lowest BCUT2D eigenvalue weighted by Gasteiger charge is -2.15. The molecule has 2 nitrogen and oxygen atoms in total. The van der Waals surface area contributed by atoms with E-state index in [2.05, 4.69) is 11.6 Å². The normalized spacial score (nSPS) is 18.5. The summed E-state index contributed by atoms with van der Waals surface area (Å²) in [5.74, 6) is 0. The highest BCUT2D eigenvalue weighted by atomic mass is 14.6. The fourth-order valence-electron chi connectivity index (χ4n) is 1.24. The van der Waals surface area contributed by atoms with E-state index in [0.29, 0.717) is 6.04 Å². The van der Waals surface area contributed by atoms with Crippen LogP contribution in [0.25, 0.3) is 0 Å². The third-order valence-electron chi connectivity index (χ3n) is 1.90. The second-order valence-corrected chi connectivity index (χ2v) is 2.99. The van der Waals surface area contributed by atoms with Gasteiger partial charge >= 0.3 is 0 Å². The highest BCUT2D eigenvalue weighted by Crippen LogP contribution is 2.14. The molecule has 2 heteroatoms. The Kier molecular flexibility index (Phi) is 8.02. The first-order valence-electron chi connectivity index (χ1n) is 4.65. The van der Waals surface area contributed by atoms with Gasteiger partial charge in [0.2, 0.25) is 0 Å². The van der Waals surface area contributed by atoms with E-state index < -0.39 is 0 Å². The third kappa shape index (κ3) is 7.48. The van der Waals surface area contributed by atoms with Crippen molar-refractivity contribution in [2.45, 2.75) is 45.1 Å². The molecule has 70 valence electrons. The molecule has 1 fully saturated rings. The molecule has 0 heterocycles. The van der Waals surface area contributed by atoms with Crippen LogP contribution < -0.4 is 5.73 Å². The number of nitrogens with two attached hydrogens (primary N) is 1. The maximum atomic E-state index is 5.63. The molecular weight excluding hydrogens is 148 g/mol. The molecule has 12 heavy (non-hydrogen) atoms. The van der Waals surface area contributed by atoms with E-state index in [0.717, 1.165) is 0 Å². The summed E-state index contributed by atoms with van der Waals surface area (Å²) in [4.78, 5) is 3.61. The average Bonchev–Trinajstić information content (AvgIpc) is 2.08. The second-order valence-electron chi connectivity index (χ2n) is 2.99. The summed E-state index contributed by atoms with van der Waals surface area (Å²) in [7, 11) is 0. The summed E-state index contributed by atoms with van der Waals surface area (Å²) in [6.45, 7) is 5.20. The van der Waals surface area contributed by atoms with Gasteiger partial charge in [0, 0.05) is 18.5 Å². The van der Waals surface area contributed by atoms with Crippen LogP contribution >= 0.6 is 0 Å². The van der Waals surface area contributed by atoms with Gasteiger partial charge in [-0.2, -0.15) is 0 Å². The Hall–Kier alpha value is -0.630. The van der Waals surface area contributed by atoms with Crippen molar-refractivity contribution in [1.82, 2.24) is 0 Å². The third-order valence-corrected chi connectivity index (χ3v) is 1.90. The Labute approximate surface area is 75.6 Å². The van der Waals surface area contributed by atoms with Crippen molar-refractivity contribution in [2.75, 3.05) is 0 Å². The lowest BCUT2D eigenvalue weighted by Crippen LogP contribution is -2.22. The van der Waals surface area contributed by atoms with Crippen LogP contribution in [-0.2, 0) is 0 Å². The van der Waals surface area contributed by atoms with Gasteiger partial charge in [-0.1, -0.05) is 25.8 Å². The molecule has 1 saturated carbocycles. The van der Waals surface area contributed by atoms with E-state index in [-0.39, 0.29) is 0 Å². The summed E-state index contributed by atoms with van der Waals surface area (Å²) < 4.78 is 0. The van der Waals surface area contributed by atoms with Crippen LogP contribution in [0, 0.1) is 0 Å². The molecule has 0 saturated heterocycles. The Morgan fingerprint density at radius 3 is 2.08 bits per heavy atom. The monoisotopic (exact) mass is 168 g/mol. The smallest absolute Gasteiger partial charge is 0.0191 e. The Balaban J connectivity index is 0.000000217. The predicted octanol–water partition coefficient (Wildman–Crippen LogP) is 2.50. The summed E-state index contributed by atoms with van der Waals surface area (Å²) in [6, 6.07) is 0.536. The molecule has 0 aromatic heterocycles. The number of hydrogen-bond acceptors (Lipinski definition) is 2. The van der Waals surface area contributed by atoms with E-state index in [1.165, 1.54) is 38.3 Å². The van der Waals surface area contributed by atoms with Crippen molar-refractivity contribution in [3.05, 3.63) is 12.8 Å². The van der Waals surface area contributed by atoms with Crippen molar-refractivity contribution in [3.8, 4) is 0 Å². The zero-order valence-corrected chi connectivity index (χ0v) is 8.00. The molecule has 0 atom stereocenters. The Morgan fingerprint density at radius 1 is 1.33 bits per heavy atom. The van der Waals surface area contributed by atoms with Crippen molar-refractivity contribution in [1.29, 1.82) is 0 Å². The SMILES string of the molecule is C=CN=CC.NC1CCCCC1. The molecule has 0 unspecified atom stereocenters. The van der Waals surface area contributed by atoms with E-state index >= 15 is 0 Å². The summed E-state index contributed by atoms with van der Waals surface area (Å²) in [5, 5.41) is 0. The van der Waals surface area contributed by atoms with Crippen molar-refractivity contribution in [3.63, 3.8) is 0 Å². The minimum atomic E-state index is 0.536. The van der Waals surface area contributed by atoms with E-state index in [9.17, 15) is 0 Å². The topological polar surface area (TPSA) is 38.4 Å². The van der Waals surface area contributed by atoms with Crippen molar-refractivity contribution >= 4 is 6.21 Å². The van der Waals surface area contributed by atoms with Crippen molar-refractivity contribution in [2.24, 2.45) is 10.7 Å². The zero-order chi connectivity index (χ0) is 9.23. The Bertz CT molecular complexity index is 124. The number of aliphatic imine (C=N–C) groups is 1. The van der Waals surface area contributed by atoms with Crippen LogP contribution in [0.4, 0.5) is 0 Å². The lowest BCUT2D eigenvalue weighted by atomic mass is 9.97. The molecule has 2 N–H and O–H groups in total. The molecule has 0 amide bonds. The summed E-state index contributed by atoms with van der Waals surface area (Å²) >= 11 is 0. The summed E-state index contributed by atoms with van der Waals surface area (Å²) in [5.41, 5.74) is 5.63. The standard InChI is InChI=1S/C6H13N.C4H7N/c7-6-4-2-1-3-5-6;1-3-5-4-2/h6H,1-5,7H2;3-4H,1H2,2H3. The molecule has 0 bridgehead atoms. The van der Waals surface area contributed by atoms with Gasteiger partial charge in [-0.05, 0) is 19.8 Å². The fraction of sp³-hybridized carbons (Fsp3) is 0.700. The van der Waals surface area contributed by atoms with Crippen LogP contribution in [0.1, 0.15) is 39.0 Å². The van der Waals surface area contributed by atoms with Gasteiger partial charge in [0.1, 0.15) is 0 Å². The number of rotatable bonds is 1. The van der Waals surface area contributed by atoms with Gasteiger partial charge in [0.05, 0.1) is 0 Å². The van der Waals surface area contributed by atoms with Crippen LogP contribution in [0.15, 0.2) is 17.8 Å². The van der Waals surface area contributed by atoms with E-state index in [4.69, 9.17) is 5.73 Å². The largest absolute Gasteiger partial charge is 0.328 e. The van der Waals surface area contributed by atoms with E-state index in [1.54, 1.807) is 6.21 Å². The quantitative estimate of drug-likeness (QED) is 0.600. The first-order chi connectivity index (χ1) is 5.81. The number of hydrogen-bond donors (Lipinski definition) is 1. The average molecular weight is 168 g/mol. The van der Waals surface area contributed by atoms with Gasteiger partial charge in [-0.15, -0.1) is 0 Å². The van der Waals surface area contributed by atoms with Crippen LogP contribution in [0.2, 0.25) is 0 Å². The predicted molar refractivity (Wildman–Crippen MR) is 55.4 cm³/mol. The van der Waals surface area contributed by atoms with Crippen LogP contribution in [0.5, 0.6) is 0 Å². The van der Waals surface area contributed by atoms with Crippen LogP contribution in [0.3, 0.4) is 0 Å². The molecule has 1 aliphatic rings. The molecule has 1 rings (SSSR count). The maximum Gasteiger partial charge on any atom is 0.0191 e. The summed E-state index contributed by atoms with van der Waals surface area (Å²) in [6.07, 6.45) is 9.85. The first-order valence-corrected chi connectivity index (χ1v) is 4.65. The maximum absolute atomic E-state index is 5.63. The van der Waals surface area contributed by atoms with Crippen LogP contribution in [-0.4, -0.2) is 12.3 Å². The van der Waals surface area contributed by atoms with E-state index in [1.807, 2.05) is 6.92 Å². The molecule has 0 aliphatic heterocycles. The minimum absolute atomic E-state index is 0.536. The second kappa shape index (κ2) is 8.47. The van der Waals surface area contributed by atoms with Gasteiger partial charge in [-0.3, -0.25) is 4.99 Å².